The van der Waals surface area contributed by atoms with Crippen molar-refractivity contribution in [3.05, 3.63) is 95.1 Å². The summed E-state index contributed by atoms with van der Waals surface area (Å²) in [5.41, 5.74) is 1.68. The van der Waals surface area contributed by atoms with Gasteiger partial charge in [-0.2, -0.15) is 5.26 Å². The monoisotopic (exact) mass is 442 g/mol. The van der Waals surface area contributed by atoms with Crippen LogP contribution in [-0.4, -0.2) is 23.6 Å². The van der Waals surface area contributed by atoms with Crippen LogP contribution in [0.2, 0.25) is 0 Å². The average Bonchev–Trinajstić information content (AvgIpc) is 2.83. The van der Waals surface area contributed by atoms with Gasteiger partial charge in [-0.25, -0.2) is 4.79 Å². The van der Waals surface area contributed by atoms with Gasteiger partial charge in [0.1, 0.15) is 29.7 Å². The number of carboxylic acid groups (broad SMARTS) is 1. The molecule has 3 aromatic rings. The van der Waals surface area contributed by atoms with Gasteiger partial charge in [-0.3, -0.25) is 4.79 Å². The van der Waals surface area contributed by atoms with Crippen molar-refractivity contribution in [2.75, 3.05) is 11.9 Å². The Balaban J connectivity index is 1.72. The Morgan fingerprint density at radius 2 is 1.76 bits per heavy atom. The van der Waals surface area contributed by atoms with Crippen LogP contribution in [0.1, 0.15) is 28.4 Å². The molecule has 2 N–H and O–H groups in total. The van der Waals surface area contributed by atoms with E-state index < -0.39 is 11.9 Å². The Morgan fingerprint density at radius 3 is 2.39 bits per heavy atom. The minimum atomic E-state index is -1.12. The summed E-state index contributed by atoms with van der Waals surface area (Å²) in [7, 11) is 0. The lowest BCUT2D eigenvalue weighted by molar-refractivity contribution is -0.112. The van der Waals surface area contributed by atoms with Crippen molar-refractivity contribution in [2.45, 2.75) is 13.5 Å². The molecular formula is C26H22N2O5. The molecule has 0 aliphatic carbocycles. The van der Waals surface area contributed by atoms with Gasteiger partial charge in [0.05, 0.1) is 12.2 Å². The second kappa shape index (κ2) is 11.2. The van der Waals surface area contributed by atoms with Crippen LogP contribution in [0.15, 0.2) is 78.4 Å². The van der Waals surface area contributed by atoms with Crippen molar-refractivity contribution >= 4 is 23.6 Å². The van der Waals surface area contributed by atoms with Crippen LogP contribution < -0.4 is 14.8 Å². The number of rotatable bonds is 9. The van der Waals surface area contributed by atoms with Crippen molar-refractivity contribution in [1.82, 2.24) is 0 Å². The maximum absolute atomic E-state index is 12.6. The van der Waals surface area contributed by atoms with Crippen molar-refractivity contribution < 1.29 is 24.2 Å². The van der Waals surface area contributed by atoms with Gasteiger partial charge in [-0.05, 0) is 61.0 Å². The van der Waals surface area contributed by atoms with Crippen molar-refractivity contribution in [2.24, 2.45) is 0 Å². The van der Waals surface area contributed by atoms with Gasteiger partial charge in [0.25, 0.3) is 5.91 Å². The lowest BCUT2D eigenvalue weighted by atomic mass is 10.1. The third-order valence-corrected chi connectivity index (χ3v) is 4.58. The lowest BCUT2D eigenvalue weighted by Crippen LogP contribution is -2.13. The molecule has 0 bridgehead atoms. The lowest BCUT2D eigenvalue weighted by Gasteiger charge is -2.10. The number of benzene rings is 3. The Kier molecular flexibility index (Phi) is 7.81. The number of ether oxygens (including phenoxy) is 2. The summed E-state index contributed by atoms with van der Waals surface area (Å²) < 4.78 is 11.2. The quantitative estimate of drug-likeness (QED) is 0.360. The fourth-order valence-electron chi connectivity index (χ4n) is 2.96. The summed E-state index contributed by atoms with van der Waals surface area (Å²) >= 11 is 0. The summed E-state index contributed by atoms with van der Waals surface area (Å²) in [6, 6.07) is 22.6. The second-order valence-electron chi connectivity index (χ2n) is 6.91. The normalized spacial score (nSPS) is 10.7. The van der Waals surface area contributed by atoms with Crippen LogP contribution in [-0.2, 0) is 11.4 Å². The number of anilines is 1. The predicted molar refractivity (Wildman–Crippen MR) is 124 cm³/mol. The first-order valence-corrected chi connectivity index (χ1v) is 10.2. The van der Waals surface area contributed by atoms with E-state index in [1.54, 1.807) is 31.2 Å². The van der Waals surface area contributed by atoms with Crippen LogP contribution in [0.3, 0.4) is 0 Å². The van der Waals surface area contributed by atoms with Gasteiger partial charge < -0.3 is 19.9 Å². The smallest absolute Gasteiger partial charge is 0.335 e. The SMILES string of the molecule is CCOc1ccc(C(=O)O)cc1/C=C(\C#N)C(=O)Nc1ccc(OCc2ccccc2)cc1. The van der Waals surface area contributed by atoms with Crippen LogP contribution in [0.5, 0.6) is 11.5 Å². The molecule has 0 spiro atoms. The summed E-state index contributed by atoms with van der Waals surface area (Å²) in [4.78, 5) is 23.9. The number of carboxylic acids is 1. The zero-order valence-corrected chi connectivity index (χ0v) is 17.9. The molecule has 0 aliphatic rings. The first kappa shape index (κ1) is 23.1. The molecule has 7 nitrogen and oxygen atoms in total. The highest BCUT2D eigenvalue weighted by atomic mass is 16.5. The van der Waals surface area contributed by atoms with Gasteiger partial charge in [-0.1, -0.05) is 30.3 Å². The molecule has 166 valence electrons. The molecule has 3 aromatic carbocycles. The first-order chi connectivity index (χ1) is 16.0. The standard InChI is InChI=1S/C26H22N2O5/c1-2-32-24-13-8-19(26(30)31)14-20(24)15-21(16-27)25(29)28-22-9-11-23(12-10-22)33-17-18-6-4-3-5-7-18/h3-15H,2,17H2,1H3,(H,28,29)(H,30,31)/b21-15+. The van der Waals surface area contributed by atoms with E-state index in [2.05, 4.69) is 5.32 Å². The highest BCUT2D eigenvalue weighted by Crippen LogP contribution is 2.24. The molecule has 0 atom stereocenters. The zero-order valence-electron chi connectivity index (χ0n) is 17.9. The molecule has 0 saturated carbocycles. The summed E-state index contributed by atoms with van der Waals surface area (Å²) in [5.74, 6) is -0.730. The predicted octanol–water partition coefficient (Wildman–Crippen LogP) is 4.91. The Labute approximate surface area is 191 Å². The Bertz CT molecular complexity index is 1200. The summed E-state index contributed by atoms with van der Waals surface area (Å²) in [5, 5.41) is 21.4. The topological polar surface area (TPSA) is 109 Å². The van der Waals surface area contributed by atoms with E-state index in [0.717, 1.165) is 5.56 Å². The molecule has 0 fully saturated rings. The van der Waals surface area contributed by atoms with E-state index in [1.807, 2.05) is 36.4 Å². The molecule has 0 aliphatic heterocycles. The molecule has 0 aromatic heterocycles. The Morgan fingerprint density at radius 1 is 1.03 bits per heavy atom. The fourth-order valence-corrected chi connectivity index (χ4v) is 2.96. The highest BCUT2D eigenvalue weighted by molar-refractivity contribution is 6.10. The van der Waals surface area contributed by atoms with Gasteiger partial charge >= 0.3 is 5.97 Å². The number of nitriles is 1. The fraction of sp³-hybridized carbons (Fsp3) is 0.115. The van der Waals surface area contributed by atoms with Crippen LogP contribution >= 0.6 is 0 Å². The minimum absolute atomic E-state index is 0.0218. The van der Waals surface area contributed by atoms with Crippen LogP contribution in [0.25, 0.3) is 6.08 Å². The Hall–Kier alpha value is -4.57. The minimum Gasteiger partial charge on any atom is -0.493 e. The molecule has 0 unspecified atom stereocenters. The van der Waals surface area contributed by atoms with E-state index in [9.17, 15) is 20.0 Å². The van der Waals surface area contributed by atoms with Gasteiger partial charge in [0, 0.05) is 11.3 Å². The molecule has 3 rings (SSSR count). The van der Waals surface area contributed by atoms with Gasteiger partial charge in [0.15, 0.2) is 0 Å². The second-order valence-corrected chi connectivity index (χ2v) is 6.91. The number of nitrogens with one attached hydrogen (secondary N) is 1. The highest BCUT2D eigenvalue weighted by Gasteiger charge is 2.14. The van der Waals surface area contributed by atoms with Gasteiger partial charge in [-0.15, -0.1) is 0 Å². The largest absolute Gasteiger partial charge is 0.493 e. The van der Waals surface area contributed by atoms with Crippen molar-refractivity contribution in [3.8, 4) is 17.6 Å². The third-order valence-electron chi connectivity index (χ3n) is 4.58. The molecule has 0 saturated heterocycles. The summed E-state index contributed by atoms with van der Waals surface area (Å²) in [6.07, 6.45) is 1.31. The van der Waals surface area contributed by atoms with Crippen LogP contribution in [0, 0.1) is 11.3 Å². The van der Waals surface area contributed by atoms with E-state index in [1.165, 1.54) is 24.3 Å². The van der Waals surface area contributed by atoms with E-state index >= 15 is 0 Å². The number of carbonyl (C=O) groups excluding carboxylic acids is 1. The van der Waals surface area contributed by atoms with E-state index in [4.69, 9.17) is 9.47 Å². The molecule has 0 heterocycles. The van der Waals surface area contributed by atoms with Crippen molar-refractivity contribution in [3.63, 3.8) is 0 Å². The average molecular weight is 442 g/mol. The number of nitrogens with zero attached hydrogens (tertiary/aromatic N) is 1. The number of hydrogen-bond acceptors (Lipinski definition) is 5. The maximum Gasteiger partial charge on any atom is 0.335 e. The number of hydrogen-bond donors (Lipinski definition) is 2. The van der Waals surface area contributed by atoms with E-state index in [-0.39, 0.29) is 11.1 Å². The summed E-state index contributed by atoms with van der Waals surface area (Å²) in [6.45, 7) is 2.55. The first-order valence-electron chi connectivity index (χ1n) is 10.2. The number of amides is 1. The zero-order chi connectivity index (χ0) is 23.6. The van der Waals surface area contributed by atoms with Crippen molar-refractivity contribution in [1.29, 1.82) is 5.26 Å². The third kappa shape index (κ3) is 6.45. The molecule has 1 amide bonds. The van der Waals surface area contributed by atoms with Crippen LogP contribution in [0.4, 0.5) is 5.69 Å². The maximum atomic E-state index is 12.6. The molecular weight excluding hydrogens is 420 g/mol. The van der Waals surface area contributed by atoms with Gasteiger partial charge in [0.2, 0.25) is 0 Å². The number of aromatic carboxylic acids is 1. The van der Waals surface area contributed by atoms with E-state index in [0.29, 0.717) is 36.0 Å². The number of carbonyl (C=O) groups is 2. The molecule has 7 heteroatoms. The molecule has 0 radical (unpaired) electrons. The molecule has 33 heavy (non-hydrogen) atoms.